The Hall–Kier alpha value is -0.780. The van der Waals surface area contributed by atoms with Crippen molar-refractivity contribution < 1.29 is 8.42 Å². The summed E-state index contributed by atoms with van der Waals surface area (Å²) in [6, 6.07) is 4.31. The Kier molecular flexibility index (Phi) is 5.01. The van der Waals surface area contributed by atoms with E-state index in [4.69, 9.17) is 17.3 Å². The summed E-state index contributed by atoms with van der Waals surface area (Å²) in [5.41, 5.74) is 5.97. The van der Waals surface area contributed by atoms with Crippen LogP contribution < -0.4 is 10.5 Å². The molecule has 4 nitrogen and oxygen atoms in total. The lowest BCUT2D eigenvalue weighted by Crippen LogP contribution is -2.38. The number of hydrogen-bond acceptors (Lipinski definition) is 3. The summed E-state index contributed by atoms with van der Waals surface area (Å²) in [5, 5.41) is 0.176. The summed E-state index contributed by atoms with van der Waals surface area (Å²) in [6.45, 7) is 5.88. The van der Waals surface area contributed by atoms with E-state index in [1.165, 1.54) is 12.1 Å². The second-order valence-corrected chi connectivity index (χ2v) is 6.66. The summed E-state index contributed by atoms with van der Waals surface area (Å²) in [6.07, 6.45) is 0.719. The molecular formula is C12H19ClN2O2S. The number of sulfonamides is 1. The van der Waals surface area contributed by atoms with Crippen LogP contribution in [0.2, 0.25) is 5.02 Å². The number of nitrogens with one attached hydrogen (secondary N) is 1. The van der Waals surface area contributed by atoms with Gasteiger partial charge in [-0.15, -0.1) is 0 Å². The molecule has 0 spiro atoms. The van der Waals surface area contributed by atoms with E-state index in [-0.39, 0.29) is 21.9 Å². The molecule has 1 rings (SSSR count). The Morgan fingerprint density at radius 2 is 2.00 bits per heavy atom. The quantitative estimate of drug-likeness (QED) is 0.819. The van der Waals surface area contributed by atoms with Gasteiger partial charge in [-0.3, -0.25) is 0 Å². The minimum absolute atomic E-state index is 0.0308. The van der Waals surface area contributed by atoms with Gasteiger partial charge in [-0.05, 0) is 30.5 Å². The van der Waals surface area contributed by atoms with E-state index in [0.29, 0.717) is 5.69 Å². The van der Waals surface area contributed by atoms with E-state index in [2.05, 4.69) is 4.72 Å². The van der Waals surface area contributed by atoms with Gasteiger partial charge in [0.1, 0.15) is 4.90 Å². The second kappa shape index (κ2) is 5.91. The van der Waals surface area contributed by atoms with E-state index in [9.17, 15) is 8.42 Å². The SMILES string of the molecule is CCC(NS(=O)(=O)c1cc(N)ccc1Cl)C(C)C. The average Bonchev–Trinajstić information content (AvgIpc) is 2.28. The van der Waals surface area contributed by atoms with Crippen LogP contribution in [0, 0.1) is 5.92 Å². The van der Waals surface area contributed by atoms with Crippen LogP contribution in [0.15, 0.2) is 23.1 Å². The van der Waals surface area contributed by atoms with Crippen molar-refractivity contribution in [2.45, 2.75) is 38.1 Å². The predicted octanol–water partition coefficient (Wildman–Crippen LogP) is 2.64. The first kappa shape index (κ1) is 15.3. The van der Waals surface area contributed by atoms with E-state index >= 15 is 0 Å². The van der Waals surface area contributed by atoms with E-state index in [0.717, 1.165) is 6.42 Å². The van der Waals surface area contributed by atoms with Gasteiger partial charge in [0.15, 0.2) is 0 Å². The molecule has 0 radical (unpaired) electrons. The number of nitrogens with two attached hydrogens (primary N) is 1. The molecule has 102 valence electrons. The molecule has 1 aromatic carbocycles. The van der Waals surface area contributed by atoms with Gasteiger partial charge in [0.05, 0.1) is 5.02 Å². The smallest absolute Gasteiger partial charge is 0.242 e. The van der Waals surface area contributed by atoms with Crippen molar-refractivity contribution in [2.24, 2.45) is 5.92 Å². The molecule has 0 bridgehead atoms. The zero-order valence-electron chi connectivity index (χ0n) is 10.8. The predicted molar refractivity (Wildman–Crippen MR) is 75.1 cm³/mol. The zero-order valence-corrected chi connectivity index (χ0v) is 12.3. The van der Waals surface area contributed by atoms with Crippen molar-refractivity contribution in [3.8, 4) is 0 Å². The maximum Gasteiger partial charge on any atom is 0.242 e. The van der Waals surface area contributed by atoms with E-state index < -0.39 is 10.0 Å². The molecule has 1 atom stereocenters. The average molecular weight is 291 g/mol. The van der Waals surface area contributed by atoms with Crippen LogP contribution >= 0.6 is 11.6 Å². The van der Waals surface area contributed by atoms with Crippen LogP contribution in [-0.4, -0.2) is 14.5 Å². The first-order valence-corrected chi connectivity index (χ1v) is 7.71. The van der Waals surface area contributed by atoms with Crippen LogP contribution in [0.1, 0.15) is 27.2 Å². The van der Waals surface area contributed by atoms with E-state index in [1.54, 1.807) is 6.07 Å². The Morgan fingerprint density at radius 3 is 2.50 bits per heavy atom. The van der Waals surface area contributed by atoms with Crippen LogP contribution in [0.3, 0.4) is 0 Å². The highest BCUT2D eigenvalue weighted by Crippen LogP contribution is 2.24. The molecular weight excluding hydrogens is 272 g/mol. The van der Waals surface area contributed by atoms with Crippen LogP contribution in [0.5, 0.6) is 0 Å². The Labute approximate surface area is 114 Å². The fourth-order valence-electron chi connectivity index (χ4n) is 1.68. The Morgan fingerprint density at radius 1 is 1.39 bits per heavy atom. The van der Waals surface area contributed by atoms with Crippen LogP contribution in [0.25, 0.3) is 0 Å². The molecule has 18 heavy (non-hydrogen) atoms. The molecule has 1 unspecified atom stereocenters. The molecule has 6 heteroatoms. The number of anilines is 1. The highest BCUT2D eigenvalue weighted by Gasteiger charge is 2.23. The molecule has 0 amide bonds. The molecule has 0 aliphatic heterocycles. The van der Waals surface area contributed by atoms with Gasteiger partial charge in [-0.25, -0.2) is 13.1 Å². The van der Waals surface area contributed by atoms with E-state index in [1.807, 2.05) is 20.8 Å². The van der Waals surface area contributed by atoms with Crippen molar-refractivity contribution in [1.82, 2.24) is 4.72 Å². The van der Waals surface area contributed by atoms with Crippen molar-refractivity contribution in [2.75, 3.05) is 5.73 Å². The molecule has 0 aliphatic carbocycles. The third-order valence-corrected chi connectivity index (χ3v) is 4.77. The summed E-state index contributed by atoms with van der Waals surface area (Å²) in [4.78, 5) is 0.0308. The Bertz CT molecular complexity index is 515. The zero-order chi connectivity index (χ0) is 13.9. The van der Waals surface area contributed by atoms with Crippen LogP contribution in [0.4, 0.5) is 5.69 Å². The molecule has 0 fully saturated rings. The lowest BCUT2D eigenvalue weighted by Gasteiger charge is -2.21. The third kappa shape index (κ3) is 3.60. The summed E-state index contributed by atoms with van der Waals surface area (Å²) in [5.74, 6) is 0.213. The van der Waals surface area contributed by atoms with Crippen molar-refractivity contribution in [3.05, 3.63) is 23.2 Å². The largest absolute Gasteiger partial charge is 0.399 e. The fraction of sp³-hybridized carbons (Fsp3) is 0.500. The van der Waals surface area contributed by atoms with Gasteiger partial charge in [-0.1, -0.05) is 32.4 Å². The van der Waals surface area contributed by atoms with Crippen LogP contribution in [-0.2, 0) is 10.0 Å². The molecule has 0 saturated heterocycles. The van der Waals surface area contributed by atoms with Crippen molar-refractivity contribution >= 4 is 27.3 Å². The van der Waals surface area contributed by atoms with Gasteiger partial charge < -0.3 is 5.73 Å². The maximum atomic E-state index is 12.2. The number of nitrogen functional groups attached to an aromatic ring is 1. The molecule has 0 aromatic heterocycles. The summed E-state index contributed by atoms with van der Waals surface area (Å²) < 4.78 is 27.1. The first-order chi connectivity index (χ1) is 8.27. The minimum Gasteiger partial charge on any atom is -0.399 e. The standard InChI is InChI=1S/C12H19ClN2O2S/c1-4-11(8(2)3)15-18(16,17)12-7-9(14)5-6-10(12)13/h5-8,11,15H,4,14H2,1-3H3. The van der Waals surface area contributed by atoms with Crippen molar-refractivity contribution in [1.29, 1.82) is 0 Å². The fourth-order valence-corrected chi connectivity index (χ4v) is 3.68. The Balaban J connectivity index is 3.10. The second-order valence-electron chi connectivity index (χ2n) is 4.57. The summed E-state index contributed by atoms with van der Waals surface area (Å²) in [7, 11) is -3.63. The topological polar surface area (TPSA) is 72.2 Å². The summed E-state index contributed by atoms with van der Waals surface area (Å²) >= 11 is 5.91. The molecule has 0 aliphatic rings. The molecule has 3 N–H and O–H groups in total. The van der Waals surface area contributed by atoms with Gasteiger partial charge >= 0.3 is 0 Å². The highest BCUT2D eigenvalue weighted by molar-refractivity contribution is 7.89. The lowest BCUT2D eigenvalue weighted by atomic mass is 10.0. The minimum atomic E-state index is -3.63. The highest BCUT2D eigenvalue weighted by atomic mass is 35.5. The maximum absolute atomic E-state index is 12.2. The van der Waals surface area contributed by atoms with Gasteiger partial charge in [-0.2, -0.15) is 0 Å². The number of halogens is 1. The van der Waals surface area contributed by atoms with Crippen molar-refractivity contribution in [3.63, 3.8) is 0 Å². The number of benzene rings is 1. The normalized spacial score (nSPS) is 13.8. The van der Waals surface area contributed by atoms with Gasteiger partial charge in [0, 0.05) is 11.7 Å². The monoisotopic (exact) mass is 290 g/mol. The molecule has 0 heterocycles. The number of rotatable bonds is 5. The molecule has 0 saturated carbocycles. The molecule has 1 aromatic rings. The lowest BCUT2D eigenvalue weighted by molar-refractivity contribution is 0.437. The van der Waals surface area contributed by atoms with Gasteiger partial charge in [0.2, 0.25) is 10.0 Å². The first-order valence-electron chi connectivity index (χ1n) is 5.85. The number of hydrogen-bond donors (Lipinski definition) is 2. The van der Waals surface area contributed by atoms with Gasteiger partial charge in [0.25, 0.3) is 0 Å². The third-order valence-electron chi connectivity index (χ3n) is 2.80.